The van der Waals surface area contributed by atoms with E-state index in [-0.39, 0.29) is 0 Å². The number of hydrogen-bond acceptors (Lipinski definition) is 3. The van der Waals surface area contributed by atoms with Crippen LogP contribution in [0.25, 0.3) is 0 Å². The van der Waals surface area contributed by atoms with Crippen molar-refractivity contribution >= 4 is 34.9 Å². The van der Waals surface area contributed by atoms with Gasteiger partial charge in [0.1, 0.15) is 0 Å². The van der Waals surface area contributed by atoms with Gasteiger partial charge in [0, 0.05) is 12.5 Å². The molecule has 0 unspecified atom stereocenters. The maximum Gasteiger partial charge on any atom is 0.300 e. The lowest BCUT2D eigenvalue weighted by Gasteiger charge is -1.99. The molecule has 2 N–H and O–H groups in total. The zero-order valence-electron chi connectivity index (χ0n) is 8.74. The Bertz CT molecular complexity index is 401. The van der Waals surface area contributed by atoms with Gasteiger partial charge >= 0.3 is 0 Å². The second-order valence-corrected chi connectivity index (χ2v) is 3.65. The van der Waals surface area contributed by atoms with Crippen LogP contribution in [0.4, 0.5) is 0 Å². The molecule has 0 aromatic heterocycles. The third-order valence-corrected chi connectivity index (χ3v) is 2.23. The van der Waals surface area contributed by atoms with Crippen molar-refractivity contribution in [3.05, 3.63) is 33.8 Å². The molecule has 6 heteroatoms. The van der Waals surface area contributed by atoms with Gasteiger partial charge in [0.25, 0.3) is 5.97 Å². The van der Waals surface area contributed by atoms with Crippen LogP contribution in [-0.2, 0) is 4.79 Å². The minimum atomic E-state index is -0.833. The fourth-order valence-corrected chi connectivity index (χ4v) is 1.08. The summed E-state index contributed by atoms with van der Waals surface area (Å²) < 4.78 is 0. The SMILES string of the molecule is CC(=NO)c1ccc(Cl)c(Cl)c1.CC(=O)O. The predicted molar refractivity (Wildman–Crippen MR) is 63.8 cm³/mol. The summed E-state index contributed by atoms with van der Waals surface area (Å²) in [7, 11) is 0. The molecule has 0 spiro atoms. The third kappa shape index (κ3) is 5.58. The van der Waals surface area contributed by atoms with E-state index < -0.39 is 5.97 Å². The van der Waals surface area contributed by atoms with Crippen LogP contribution in [0.2, 0.25) is 10.0 Å². The summed E-state index contributed by atoms with van der Waals surface area (Å²) in [6.07, 6.45) is 0. The number of carbonyl (C=O) groups is 1. The Morgan fingerprint density at radius 3 is 2.12 bits per heavy atom. The molecule has 0 fully saturated rings. The number of hydrogen-bond donors (Lipinski definition) is 2. The molecular formula is C10H11Cl2NO3. The van der Waals surface area contributed by atoms with E-state index in [0.29, 0.717) is 15.8 Å². The second kappa shape index (κ2) is 7.09. The second-order valence-electron chi connectivity index (χ2n) is 2.83. The van der Waals surface area contributed by atoms with Crippen LogP contribution in [-0.4, -0.2) is 22.0 Å². The van der Waals surface area contributed by atoms with Gasteiger partial charge in [-0.3, -0.25) is 4.79 Å². The van der Waals surface area contributed by atoms with Crippen LogP contribution in [0.1, 0.15) is 19.4 Å². The standard InChI is InChI=1S/C8H7Cl2NO.C2H4O2/c1-5(11-12)6-2-3-7(9)8(10)4-6;1-2(3)4/h2-4,12H,1H3;1H3,(H,3,4). The normalized spacial score (nSPS) is 10.4. The number of carboxylic acid groups (broad SMARTS) is 1. The van der Waals surface area contributed by atoms with Crippen molar-refractivity contribution < 1.29 is 15.1 Å². The summed E-state index contributed by atoms with van der Waals surface area (Å²) in [5, 5.41) is 19.9. The summed E-state index contributed by atoms with van der Waals surface area (Å²) in [6, 6.07) is 5.05. The summed E-state index contributed by atoms with van der Waals surface area (Å²) in [5.41, 5.74) is 1.26. The van der Waals surface area contributed by atoms with Crippen LogP contribution >= 0.6 is 23.2 Å². The molecule has 0 aliphatic rings. The lowest BCUT2D eigenvalue weighted by Crippen LogP contribution is -1.93. The van der Waals surface area contributed by atoms with Crippen molar-refractivity contribution in [3.8, 4) is 0 Å². The maximum absolute atomic E-state index is 9.00. The number of oxime groups is 1. The van der Waals surface area contributed by atoms with Crippen LogP contribution < -0.4 is 0 Å². The van der Waals surface area contributed by atoms with Gasteiger partial charge < -0.3 is 10.3 Å². The third-order valence-electron chi connectivity index (χ3n) is 1.49. The van der Waals surface area contributed by atoms with Crippen LogP contribution in [0.15, 0.2) is 23.4 Å². The Kier molecular flexibility index (Phi) is 6.53. The minimum Gasteiger partial charge on any atom is -0.481 e. The Hall–Kier alpha value is -1.26. The lowest BCUT2D eigenvalue weighted by molar-refractivity contribution is -0.134. The van der Waals surface area contributed by atoms with E-state index in [0.717, 1.165) is 12.5 Å². The molecular weight excluding hydrogens is 253 g/mol. The fraction of sp³-hybridized carbons (Fsp3) is 0.200. The Labute approximate surface area is 103 Å². The summed E-state index contributed by atoms with van der Waals surface area (Å²) in [4.78, 5) is 9.00. The van der Waals surface area contributed by atoms with Gasteiger partial charge in [0.15, 0.2) is 0 Å². The molecule has 1 rings (SSSR count). The Morgan fingerprint density at radius 1 is 1.25 bits per heavy atom. The van der Waals surface area contributed by atoms with Crippen LogP contribution in [0.3, 0.4) is 0 Å². The van der Waals surface area contributed by atoms with E-state index in [1.165, 1.54) is 0 Å². The maximum atomic E-state index is 9.00. The van der Waals surface area contributed by atoms with E-state index in [1.807, 2.05) is 0 Å². The first kappa shape index (κ1) is 14.7. The molecule has 4 nitrogen and oxygen atoms in total. The van der Waals surface area contributed by atoms with E-state index in [4.69, 9.17) is 38.3 Å². The van der Waals surface area contributed by atoms with Gasteiger partial charge in [-0.05, 0) is 19.1 Å². The number of benzene rings is 1. The molecule has 0 heterocycles. The molecule has 0 saturated heterocycles. The molecule has 0 bridgehead atoms. The summed E-state index contributed by atoms with van der Waals surface area (Å²) >= 11 is 11.4. The largest absolute Gasteiger partial charge is 0.481 e. The van der Waals surface area contributed by atoms with Gasteiger partial charge in [-0.1, -0.05) is 34.4 Å². The average Bonchev–Trinajstić information content (AvgIpc) is 2.20. The van der Waals surface area contributed by atoms with Gasteiger partial charge in [-0.25, -0.2) is 0 Å². The highest BCUT2D eigenvalue weighted by Gasteiger charge is 2.01. The molecule has 88 valence electrons. The first-order valence-corrected chi connectivity index (χ1v) is 4.97. The smallest absolute Gasteiger partial charge is 0.300 e. The number of aliphatic carboxylic acids is 1. The van der Waals surface area contributed by atoms with Crippen LogP contribution in [0, 0.1) is 0 Å². The number of rotatable bonds is 1. The molecule has 0 radical (unpaired) electrons. The van der Waals surface area contributed by atoms with Crippen molar-refractivity contribution in [1.29, 1.82) is 0 Å². The fourth-order valence-electron chi connectivity index (χ4n) is 0.779. The lowest BCUT2D eigenvalue weighted by atomic mass is 10.1. The molecule has 1 aromatic rings. The van der Waals surface area contributed by atoms with Gasteiger partial charge in [-0.15, -0.1) is 0 Å². The molecule has 0 saturated carbocycles. The van der Waals surface area contributed by atoms with Gasteiger partial charge in [0.05, 0.1) is 15.8 Å². The molecule has 0 amide bonds. The molecule has 0 aliphatic carbocycles. The van der Waals surface area contributed by atoms with Crippen molar-refractivity contribution in [1.82, 2.24) is 0 Å². The number of halogens is 2. The highest BCUT2D eigenvalue weighted by molar-refractivity contribution is 6.42. The van der Waals surface area contributed by atoms with Crippen LogP contribution in [0.5, 0.6) is 0 Å². The summed E-state index contributed by atoms with van der Waals surface area (Å²) in [5.74, 6) is -0.833. The molecule has 1 aromatic carbocycles. The van der Waals surface area contributed by atoms with E-state index in [9.17, 15) is 0 Å². The monoisotopic (exact) mass is 263 g/mol. The Morgan fingerprint density at radius 2 is 1.75 bits per heavy atom. The minimum absolute atomic E-state index is 0.456. The highest BCUT2D eigenvalue weighted by Crippen LogP contribution is 2.22. The zero-order valence-corrected chi connectivity index (χ0v) is 10.2. The topological polar surface area (TPSA) is 69.9 Å². The van der Waals surface area contributed by atoms with E-state index in [2.05, 4.69) is 5.16 Å². The number of nitrogens with zero attached hydrogens (tertiary/aromatic N) is 1. The number of carboxylic acids is 1. The van der Waals surface area contributed by atoms with Crippen molar-refractivity contribution in [2.24, 2.45) is 5.16 Å². The van der Waals surface area contributed by atoms with Gasteiger partial charge in [-0.2, -0.15) is 0 Å². The first-order chi connectivity index (χ1) is 7.38. The highest BCUT2D eigenvalue weighted by atomic mass is 35.5. The zero-order chi connectivity index (χ0) is 12.7. The quantitative estimate of drug-likeness (QED) is 0.464. The molecule has 0 aliphatic heterocycles. The molecule has 16 heavy (non-hydrogen) atoms. The van der Waals surface area contributed by atoms with Gasteiger partial charge in [0.2, 0.25) is 0 Å². The van der Waals surface area contributed by atoms with E-state index in [1.54, 1.807) is 25.1 Å². The van der Waals surface area contributed by atoms with Crippen molar-refractivity contribution in [3.63, 3.8) is 0 Å². The average molecular weight is 264 g/mol. The predicted octanol–water partition coefficient (Wildman–Crippen LogP) is 3.28. The van der Waals surface area contributed by atoms with Crippen molar-refractivity contribution in [2.45, 2.75) is 13.8 Å². The van der Waals surface area contributed by atoms with Crippen molar-refractivity contribution in [2.75, 3.05) is 0 Å². The summed E-state index contributed by atoms with van der Waals surface area (Å²) in [6.45, 7) is 2.76. The first-order valence-electron chi connectivity index (χ1n) is 4.22. The molecule has 0 atom stereocenters. The van der Waals surface area contributed by atoms with E-state index >= 15 is 0 Å². The Balaban J connectivity index is 0.000000487.